The molecular formula is C24H27N3O5S. The average Bonchev–Trinajstić information content (AvgIpc) is 3.08. The van der Waals surface area contributed by atoms with Gasteiger partial charge < -0.3 is 19.8 Å². The van der Waals surface area contributed by atoms with Crippen molar-refractivity contribution >= 4 is 39.5 Å². The molecule has 0 saturated carbocycles. The Labute approximate surface area is 195 Å². The molecule has 33 heavy (non-hydrogen) atoms. The lowest BCUT2D eigenvalue weighted by Crippen LogP contribution is -2.44. The van der Waals surface area contributed by atoms with Crippen molar-refractivity contribution in [2.75, 3.05) is 7.11 Å². The molecule has 0 aliphatic carbocycles. The number of aromatic amines is 1. The van der Waals surface area contributed by atoms with Gasteiger partial charge in [-0.2, -0.15) is 0 Å². The first-order valence-electron chi connectivity index (χ1n) is 10.5. The van der Waals surface area contributed by atoms with Gasteiger partial charge in [0.1, 0.15) is 29.1 Å². The Morgan fingerprint density at radius 2 is 1.91 bits per heavy atom. The number of fused-ring (bicyclic) bond motifs is 1. The number of H-pyrrole nitrogens is 1. The molecule has 0 aliphatic heterocycles. The molecule has 0 bridgehead atoms. The van der Waals surface area contributed by atoms with Crippen LogP contribution in [0, 0.1) is 19.8 Å². The van der Waals surface area contributed by atoms with E-state index in [1.54, 1.807) is 25.3 Å². The van der Waals surface area contributed by atoms with E-state index in [9.17, 15) is 14.4 Å². The fraction of sp³-hybridized carbons (Fsp3) is 0.333. The number of ether oxygens (including phenoxy) is 2. The number of aryl methyl sites for hydroxylation is 2. The number of nitrogens with one attached hydrogen (secondary N) is 2. The van der Waals surface area contributed by atoms with Crippen molar-refractivity contribution < 1.29 is 19.1 Å². The van der Waals surface area contributed by atoms with E-state index in [1.165, 1.54) is 17.4 Å². The number of rotatable bonds is 8. The first-order chi connectivity index (χ1) is 15.7. The Morgan fingerprint density at radius 3 is 2.55 bits per heavy atom. The molecule has 2 N–H and O–H groups in total. The third kappa shape index (κ3) is 5.87. The molecule has 0 radical (unpaired) electrons. The van der Waals surface area contributed by atoms with Crippen molar-refractivity contribution in [2.24, 2.45) is 5.92 Å². The maximum Gasteiger partial charge on any atom is 0.329 e. The molecule has 0 unspecified atom stereocenters. The molecule has 1 atom stereocenters. The van der Waals surface area contributed by atoms with Crippen LogP contribution in [0.3, 0.4) is 0 Å². The normalized spacial score (nSPS) is 12.3. The number of aromatic nitrogens is 2. The molecule has 1 aromatic carbocycles. The van der Waals surface area contributed by atoms with Gasteiger partial charge >= 0.3 is 5.97 Å². The quantitative estimate of drug-likeness (QED) is 0.386. The summed E-state index contributed by atoms with van der Waals surface area (Å²) in [7, 11) is 1.58. The molecule has 9 heteroatoms. The summed E-state index contributed by atoms with van der Waals surface area (Å²) in [5.41, 5.74) is 1.46. The first kappa shape index (κ1) is 24.2. The molecule has 0 aliphatic rings. The molecule has 0 fully saturated rings. The van der Waals surface area contributed by atoms with Gasteiger partial charge in [0, 0.05) is 11.0 Å². The molecule has 3 rings (SSSR count). The van der Waals surface area contributed by atoms with Crippen LogP contribution in [0.4, 0.5) is 0 Å². The number of carbonyl (C=O) groups is 2. The fourth-order valence-electron chi connectivity index (χ4n) is 3.18. The maximum atomic E-state index is 12.7. The van der Waals surface area contributed by atoms with Crippen LogP contribution in [0.1, 0.15) is 35.7 Å². The van der Waals surface area contributed by atoms with E-state index in [4.69, 9.17) is 9.47 Å². The highest BCUT2D eigenvalue weighted by atomic mass is 32.1. The first-order valence-corrected chi connectivity index (χ1v) is 11.3. The number of esters is 1. The van der Waals surface area contributed by atoms with Crippen LogP contribution < -0.4 is 15.6 Å². The van der Waals surface area contributed by atoms with Gasteiger partial charge in [-0.05, 0) is 49.1 Å². The van der Waals surface area contributed by atoms with E-state index in [0.29, 0.717) is 10.2 Å². The van der Waals surface area contributed by atoms with Gasteiger partial charge in [0.2, 0.25) is 5.91 Å². The van der Waals surface area contributed by atoms with Crippen LogP contribution in [-0.4, -0.2) is 35.0 Å². The lowest BCUT2D eigenvalue weighted by molar-refractivity contribution is -0.150. The molecule has 2 heterocycles. The van der Waals surface area contributed by atoms with E-state index in [-0.39, 0.29) is 23.9 Å². The molecular weight excluding hydrogens is 442 g/mol. The van der Waals surface area contributed by atoms with Crippen LogP contribution in [0.25, 0.3) is 16.3 Å². The summed E-state index contributed by atoms with van der Waals surface area (Å²) in [5, 5.41) is 3.24. The lowest BCUT2D eigenvalue weighted by Gasteiger charge is -2.20. The van der Waals surface area contributed by atoms with Crippen LogP contribution in [0.15, 0.2) is 35.1 Å². The topological polar surface area (TPSA) is 110 Å². The number of nitrogens with zero attached hydrogens (tertiary/aromatic N) is 1. The van der Waals surface area contributed by atoms with E-state index >= 15 is 0 Å². The number of hydrogen-bond donors (Lipinski definition) is 2. The summed E-state index contributed by atoms with van der Waals surface area (Å²) in [6, 6.07) is 6.37. The van der Waals surface area contributed by atoms with E-state index in [2.05, 4.69) is 15.3 Å². The highest BCUT2D eigenvalue weighted by molar-refractivity contribution is 7.18. The molecule has 2 aromatic heterocycles. The summed E-state index contributed by atoms with van der Waals surface area (Å²) in [4.78, 5) is 46.1. The SMILES string of the molecule is COc1ccc(/C=C/C(=O)N[C@@H](C(=O)OCc2nc3sc(C)c(C)c3c(=O)[nH]2)C(C)C)cc1. The number of thiophene rings is 1. The summed E-state index contributed by atoms with van der Waals surface area (Å²) < 4.78 is 10.5. The minimum absolute atomic E-state index is 0.194. The molecule has 0 spiro atoms. The van der Waals surface area contributed by atoms with Crippen molar-refractivity contribution in [3.8, 4) is 5.75 Å². The number of benzene rings is 1. The second-order valence-corrected chi connectivity index (χ2v) is 9.12. The molecule has 174 valence electrons. The zero-order valence-corrected chi connectivity index (χ0v) is 20.0. The monoisotopic (exact) mass is 469 g/mol. The van der Waals surface area contributed by atoms with E-state index < -0.39 is 17.9 Å². The standard InChI is InChI=1S/C24H27N3O5S/c1-13(2)21(27-19(28)11-8-16-6-9-17(31-5)10-7-16)24(30)32-12-18-25-22(29)20-14(3)15(4)33-23(20)26-18/h6-11,13,21H,12H2,1-5H3,(H,27,28)(H,25,26,29)/b11-8+/t21-/m1/s1. The molecule has 0 saturated heterocycles. The Kier molecular flexibility index (Phi) is 7.65. The Balaban J connectivity index is 1.63. The highest BCUT2D eigenvalue weighted by Gasteiger charge is 2.25. The number of carbonyl (C=O) groups excluding carboxylic acids is 2. The maximum absolute atomic E-state index is 12.7. The minimum Gasteiger partial charge on any atom is -0.497 e. The van der Waals surface area contributed by atoms with Gasteiger partial charge in [-0.25, -0.2) is 9.78 Å². The van der Waals surface area contributed by atoms with Crippen LogP contribution in [0.2, 0.25) is 0 Å². The number of hydrogen-bond acceptors (Lipinski definition) is 7. The molecule has 3 aromatic rings. The summed E-state index contributed by atoms with van der Waals surface area (Å²) in [6.45, 7) is 7.23. The number of amides is 1. The van der Waals surface area contributed by atoms with Gasteiger partial charge in [0.15, 0.2) is 0 Å². The zero-order valence-electron chi connectivity index (χ0n) is 19.2. The average molecular weight is 470 g/mol. The second-order valence-electron chi connectivity index (χ2n) is 7.92. The van der Waals surface area contributed by atoms with Crippen LogP contribution >= 0.6 is 11.3 Å². The van der Waals surface area contributed by atoms with E-state index in [0.717, 1.165) is 21.8 Å². The molecule has 8 nitrogen and oxygen atoms in total. The van der Waals surface area contributed by atoms with Crippen molar-refractivity contribution in [3.05, 3.63) is 62.5 Å². The Bertz CT molecular complexity index is 1240. The smallest absolute Gasteiger partial charge is 0.329 e. The van der Waals surface area contributed by atoms with Gasteiger partial charge in [-0.1, -0.05) is 26.0 Å². The largest absolute Gasteiger partial charge is 0.497 e. The third-order valence-corrected chi connectivity index (χ3v) is 6.30. The summed E-state index contributed by atoms with van der Waals surface area (Å²) in [6.07, 6.45) is 3.01. The van der Waals surface area contributed by atoms with E-state index in [1.807, 2.05) is 39.8 Å². The minimum atomic E-state index is -0.848. The Hall–Kier alpha value is -3.46. The predicted molar refractivity (Wildman–Crippen MR) is 128 cm³/mol. The van der Waals surface area contributed by atoms with Gasteiger partial charge in [0.05, 0.1) is 12.5 Å². The predicted octanol–water partition coefficient (Wildman–Crippen LogP) is 3.51. The Morgan fingerprint density at radius 1 is 1.21 bits per heavy atom. The number of methoxy groups -OCH3 is 1. The fourth-order valence-corrected chi connectivity index (χ4v) is 4.23. The van der Waals surface area contributed by atoms with Crippen LogP contribution in [0.5, 0.6) is 5.75 Å². The molecule has 1 amide bonds. The zero-order chi connectivity index (χ0) is 24.1. The van der Waals surface area contributed by atoms with Gasteiger partial charge in [-0.15, -0.1) is 11.3 Å². The second kappa shape index (κ2) is 10.4. The summed E-state index contributed by atoms with van der Waals surface area (Å²) in [5.74, 6) is -0.238. The van der Waals surface area contributed by atoms with Crippen molar-refractivity contribution in [1.82, 2.24) is 15.3 Å². The summed E-state index contributed by atoms with van der Waals surface area (Å²) >= 11 is 1.42. The highest BCUT2D eigenvalue weighted by Crippen LogP contribution is 2.25. The lowest BCUT2D eigenvalue weighted by atomic mass is 10.0. The van der Waals surface area contributed by atoms with Crippen LogP contribution in [-0.2, 0) is 20.9 Å². The van der Waals surface area contributed by atoms with Crippen molar-refractivity contribution in [3.63, 3.8) is 0 Å². The van der Waals surface area contributed by atoms with Gasteiger partial charge in [0.25, 0.3) is 5.56 Å². The van der Waals surface area contributed by atoms with Gasteiger partial charge in [-0.3, -0.25) is 9.59 Å². The third-order valence-electron chi connectivity index (χ3n) is 5.20. The van der Waals surface area contributed by atoms with Crippen molar-refractivity contribution in [2.45, 2.75) is 40.3 Å². The van der Waals surface area contributed by atoms with Crippen molar-refractivity contribution in [1.29, 1.82) is 0 Å².